The van der Waals surface area contributed by atoms with Gasteiger partial charge in [0.1, 0.15) is 11.5 Å². The fourth-order valence-electron chi connectivity index (χ4n) is 4.40. The summed E-state index contributed by atoms with van der Waals surface area (Å²) in [5.74, 6) is 0.788. The highest BCUT2D eigenvalue weighted by atomic mass is 16.5. The summed E-state index contributed by atoms with van der Waals surface area (Å²) in [5.41, 5.74) is 5.54. The molecule has 0 spiro atoms. The Morgan fingerprint density at radius 2 is 1.81 bits per heavy atom. The Hall–Kier alpha value is -4.14. The van der Waals surface area contributed by atoms with Crippen LogP contribution in [0.4, 0.5) is 0 Å². The number of carboxylic acid groups (broad SMARTS) is 1. The first-order chi connectivity index (χ1) is 17.4. The zero-order valence-electron chi connectivity index (χ0n) is 20.5. The summed E-state index contributed by atoms with van der Waals surface area (Å²) in [6, 6.07) is 9.84. The first-order valence-corrected chi connectivity index (χ1v) is 12.0. The van der Waals surface area contributed by atoms with Crippen LogP contribution in [0.25, 0.3) is 22.7 Å². The maximum atomic E-state index is 10.9. The molecule has 9 nitrogen and oxygen atoms in total. The Labute approximate surface area is 208 Å². The largest absolute Gasteiger partial charge is 0.481 e. The smallest absolute Gasteiger partial charge is 0.341 e. The Balaban J connectivity index is 1.50. The van der Waals surface area contributed by atoms with Crippen molar-refractivity contribution in [3.05, 3.63) is 52.6 Å². The van der Waals surface area contributed by atoms with Crippen molar-refractivity contribution in [2.75, 3.05) is 13.2 Å². The van der Waals surface area contributed by atoms with E-state index >= 15 is 0 Å². The minimum absolute atomic E-state index is 0.124. The number of hydrogen-bond donors (Lipinski definition) is 1. The number of aromatic nitrogens is 3. The van der Waals surface area contributed by atoms with E-state index in [4.69, 9.17) is 23.7 Å². The summed E-state index contributed by atoms with van der Waals surface area (Å²) in [6.07, 6.45) is 4.09. The van der Waals surface area contributed by atoms with Gasteiger partial charge in [-0.15, -0.1) is 0 Å². The number of benzene rings is 2. The lowest BCUT2D eigenvalue weighted by Crippen LogP contribution is -2.10. The van der Waals surface area contributed by atoms with E-state index in [1.807, 2.05) is 45.0 Å². The van der Waals surface area contributed by atoms with E-state index < -0.39 is 12.6 Å². The average molecular weight is 490 g/mol. The number of ether oxygens (including phenoxy) is 3. The zero-order valence-corrected chi connectivity index (χ0v) is 20.5. The molecule has 2 heterocycles. The highest BCUT2D eigenvalue weighted by Gasteiger charge is 2.20. The SMILES string of the molecule is CCCOc1nc(Oc2ccc3c(c2)CCC3)nc2oc(-c3cc(C)c(OCC(=O)O)c(C)c3)nc12. The summed E-state index contributed by atoms with van der Waals surface area (Å²) in [5, 5.41) is 8.93. The third-order valence-electron chi connectivity index (χ3n) is 5.98. The van der Waals surface area contributed by atoms with Crippen LogP contribution >= 0.6 is 0 Å². The Morgan fingerprint density at radius 3 is 2.56 bits per heavy atom. The predicted molar refractivity (Wildman–Crippen MR) is 132 cm³/mol. The summed E-state index contributed by atoms with van der Waals surface area (Å²) >= 11 is 0. The first kappa shape index (κ1) is 23.6. The topological polar surface area (TPSA) is 117 Å². The molecule has 0 radical (unpaired) electrons. The lowest BCUT2D eigenvalue weighted by molar-refractivity contribution is -0.139. The van der Waals surface area contributed by atoms with Gasteiger partial charge in [0.2, 0.25) is 5.89 Å². The van der Waals surface area contributed by atoms with Gasteiger partial charge in [-0.25, -0.2) is 9.78 Å². The van der Waals surface area contributed by atoms with Gasteiger partial charge in [0.05, 0.1) is 6.61 Å². The van der Waals surface area contributed by atoms with Crippen LogP contribution in [0.5, 0.6) is 23.4 Å². The Kier molecular flexibility index (Phi) is 6.45. The minimum atomic E-state index is -1.03. The first-order valence-electron chi connectivity index (χ1n) is 12.0. The van der Waals surface area contributed by atoms with E-state index in [1.54, 1.807) is 0 Å². The summed E-state index contributed by atoms with van der Waals surface area (Å²) in [6.45, 7) is 5.74. The van der Waals surface area contributed by atoms with Crippen LogP contribution in [0.15, 0.2) is 34.7 Å². The third-order valence-corrected chi connectivity index (χ3v) is 5.98. The summed E-state index contributed by atoms with van der Waals surface area (Å²) < 4.78 is 23.3. The van der Waals surface area contributed by atoms with Gasteiger partial charge in [0.25, 0.3) is 11.6 Å². The number of nitrogens with zero attached hydrogens (tertiary/aromatic N) is 3. The summed E-state index contributed by atoms with van der Waals surface area (Å²) in [7, 11) is 0. The number of fused-ring (bicyclic) bond motifs is 2. The highest BCUT2D eigenvalue weighted by molar-refractivity contribution is 5.78. The number of hydrogen-bond acceptors (Lipinski definition) is 8. The molecular formula is C27H27N3O6. The van der Waals surface area contributed by atoms with Crippen LogP contribution in [0.3, 0.4) is 0 Å². The van der Waals surface area contributed by atoms with Crippen LogP contribution in [-0.2, 0) is 17.6 Å². The van der Waals surface area contributed by atoms with Gasteiger partial charge in [-0.05, 0) is 86.1 Å². The fourth-order valence-corrected chi connectivity index (χ4v) is 4.40. The van der Waals surface area contributed by atoms with Crippen LogP contribution in [0, 0.1) is 13.8 Å². The number of aliphatic carboxylic acids is 1. The van der Waals surface area contributed by atoms with Crippen molar-refractivity contribution < 1.29 is 28.5 Å². The second-order valence-electron chi connectivity index (χ2n) is 8.84. The monoisotopic (exact) mass is 489 g/mol. The molecule has 186 valence electrons. The Bertz CT molecular complexity index is 1420. The highest BCUT2D eigenvalue weighted by Crippen LogP contribution is 2.35. The van der Waals surface area contributed by atoms with Crippen LogP contribution in [0.2, 0.25) is 0 Å². The van der Waals surface area contributed by atoms with Gasteiger partial charge in [0, 0.05) is 5.56 Å². The van der Waals surface area contributed by atoms with E-state index in [-0.39, 0.29) is 11.7 Å². The molecule has 9 heteroatoms. The van der Waals surface area contributed by atoms with Crippen molar-refractivity contribution in [3.63, 3.8) is 0 Å². The number of rotatable bonds is 9. The van der Waals surface area contributed by atoms with Crippen molar-refractivity contribution in [1.29, 1.82) is 0 Å². The molecule has 0 atom stereocenters. The molecule has 1 N–H and O–H groups in total. The lowest BCUT2D eigenvalue weighted by Gasteiger charge is -2.11. The number of carboxylic acids is 1. The maximum Gasteiger partial charge on any atom is 0.341 e. The average Bonchev–Trinajstić information content (AvgIpc) is 3.48. The molecule has 36 heavy (non-hydrogen) atoms. The second-order valence-corrected chi connectivity index (χ2v) is 8.84. The molecule has 0 bridgehead atoms. The molecule has 1 aliphatic rings. The van der Waals surface area contributed by atoms with E-state index in [1.165, 1.54) is 11.1 Å². The van der Waals surface area contributed by atoms with Gasteiger partial charge < -0.3 is 23.7 Å². The molecule has 0 fully saturated rings. The van der Waals surface area contributed by atoms with Crippen molar-refractivity contribution in [2.24, 2.45) is 0 Å². The quantitative estimate of drug-likeness (QED) is 0.328. The maximum absolute atomic E-state index is 10.9. The molecule has 1 aliphatic carbocycles. The summed E-state index contributed by atoms with van der Waals surface area (Å²) in [4.78, 5) is 24.4. The van der Waals surface area contributed by atoms with Crippen LogP contribution < -0.4 is 14.2 Å². The molecule has 2 aromatic heterocycles. The molecular weight excluding hydrogens is 462 g/mol. The fraction of sp³-hybridized carbons (Fsp3) is 0.333. The molecule has 0 aliphatic heterocycles. The molecule has 0 amide bonds. The third kappa shape index (κ3) is 4.82. The molecule has 0 saturated heterocycles. The van der Waals surface area contributed by atoms with E-state index in [2.05, 4.69) is 21.0 Å². The van der Waals surface area contributed by atoms with Gasteiger partial charge in [0.15, 0.2) is 12.1 Å². The van der Waals surface area contributed by atoms with Crippen molar-refractivity contribution in [1.82, 2.24) is 15.0 Å². The van der Waals surface area contributed by atoms with E-state index in [9.17, 15) is 4.79 Å². The van der Waals surface area contributed by atoms with Crippen molar-refractivity contribution >= 4 is 17.2 Å². The van der Waals surface area contributed by atoms with Gasteiger partial charge >= 0.3 is 12.0 Å². The zero-order chi connectivity index (χ0) is 25.2. The van der Waals surface area contributed by atoms with Crippen LogP contribution in [0.1, 0.15) is 42.0 Å². The van der Waals surface area contributed by atoms with Gasteiger partial charge in [-0.3, -0.25) is 0 Å². The van der Waals surface area contributed by atoms with E-state index in [0.717, 1.165) is 36.8 Å². The molecule has 0 unspecified atom stereocenters. The second kappa shape index (κ2) is 9.85. The molecule has 5 rings (SSSR count). The molecule has 0 saturated carbocycles. The number of aryl methyl sites for hydroxylation is 4. The lowest BCUT2D eigenvalue weighted by atomic mass is 10.1. The minimum Gasteiger partial charge on any atom is -0.481 e. The number of oxazole rings is 1. The van der Waals surface area contributed by atoms with Gasteiger partial charge in [-0.1, -0.05) is 13.0 Å². The van der Waals surface area contributed by atoms with Gasteiger partial charge in [-0.2, -0.15) is 9.97 Å². The molecule has 4 aromatic rings. The number of carbonyl (C=O) groups is 1. The van der Waals surface area contributed by atoms with Crippen LogP contribution in [-0.4, -0.2) is 39.2 Å². The predicted octanol–water partition coefficient (Wildman–Crippen LogP) is 5.43. The van der Waals surface area contributed by atoms with Crippen molar-refractivity contribution in [2.45, 2.75) is 46.5 Å². The standard InChI is InChI=1S/C27H27N3O6/c1-4-10-33-25-22-26(30-27(29-25)35-20-9-8-17-6-5-7-18(17)13-20)36-24(28-22)19-11-15(2)23(16(3)12-19)34-14-21(31)32/h8-9,11-13H,4-7,10,14H2,1-3H3,(H,31,32). The van der Waals surface area contributed by atoms with E-state index in [0.29, 0.717) is 41.0 Å². The van der Waals surface area contributed by atoms with Crippen molar-refractivity contribution in [3.8, 4) is 34.8 Å². The normalized spacial score (nSPS) is 12.5. The molecule has 2 aromatic carbocycles. The Morgan fingerprint density at radius 1 is 1.03 bits per heavy atom.